The third-order valence-electron chi connectivity index (χ3n) is 2.19. The molecule has 16 heavy (non-hydrogen) atoms. The van der Waals surface area contributed by atoms with Crippen molar-refractivity contribution in [3.63, 3.8) is 0 Å². The van der Waals surface area contributed by atoms with Crippen LogP contribution in [-0.2, 0) is 11.2 Å². The van der Waals surface area contributed by atoms with E-state index in [1.807, 2.05) is 19.9 Å². The number of carbonyl (C=O) groups excluding carboxylic acids is 1. The molecule has 0 saturated carbocycles. The second-order valence-corrected chi connectivity index (χ2v) is 4.61. The number of nitrogens with one attached hydrogen (secondary N) is 1. The number of aliphatic carboxylic acids is 1. The van der Waals surface area contributed by atoms with Crippen LogP contribution in [0.3, 0.4) is 0 Å². The monoisotopic (exact) mass is 241 g/mol. The molecule has 0 aliphatic rings. The SMILES string of the molecule is CCc1sc(C(=O)NCCC(=O)O)cc1C. The Hall–Kier alpha value is -1.36. The first-order valence-electron chi connectivity index (χ1n) is 5.14. The zero-order chi connectivity index (χ0) is 12.1. The number of carbonyl (C=O) groups is 2. The second-order valence-electron chi connectivity index (χ2n) is 3.47. The van der Waals surface area contributed by atoms with Crippen molar-refractivity contribution in [2.45, 2.75) is 26.7 Å². The Morgan fingerprint density at radius 1 is 1.50 bits per heavy atom. The molecule has 1 heterocycles. The molecule has 1 aromatic heterocycles. The van der Waals surface area contributed by atoms with Crippen LogP contribution >= 0.6 is 11.3 Å². The lowest BCUT2D eigenvalue weighted by Gasteiger charge is -1.99. The van der Waals surface area contributed by atoms with E-state index < -0.39 is 5.97 Å². The fraction of sp³-hybridized carbons (Fsp3) is 0.455. The van der Waals surface area contributed by atoms with Crippen LogP contribution in [0.4, 0.5) is 0 Å². The Morgan fingerprint density at radius 2 is 2.19 bits per heavy atom. The highest BCUT2D eigenvalue weighted by Gasteiger charge is 2.11. The van der Waals surface area contributed by atoms with Gasteiger partial charge in [0.15, 0.2) is 0 Å². The molecule has 0 aliphatic carbocycles. The molecule has 2 N–H and O–H groups in total. The molecule has 0 saturated heterocycles. The van der Waals surface area contributed by atoms with Gasteiger partial charge in [-0.2, -0.15) is 0 Å². The molecule has 1 aromatic rings. The predicted octanol–water partition coefficient (Wildman–Crippen LogP) is 1.82. The third-order valence-corrected chi connectivity index (χ3v) is 3.57. The summed E-state index contributed by atoms with van der Waals surface area (Å²) >= 11 is 1.47. The third kappa shape index (κ3) is 3.34. The minimum atomic E-state index is -0.906. The Bertz CT molecular complexity index is 398. The van der Waals surface area contributed by atoms with Crippen molar-refractivity contribution < 1.29 is 14.7 Å². The predicted molar refractivity (Wildman–Crippen MR) is 63.0 cm³/mol. The van der Waals surface area contributed by atoms with E-state index in [-0.39, 0.29) is 18.9 Å². The zero-order valence-electron chi connectivity index (χ0n) is 9.37. The van der Waals surface area contributed by atoms with Gasteiger partial charge in [0.25, 0.3) is 5.91 Å². The van der Waals surface area contributed by atoms with Gasteiger partial charge in [-0.15, -0.1) is 11.3 Å². The summed E-state index contributed by atoms with van der Waals surface area (Å²) in [7, 11) is 0. The molecule has 1 rings (SSSR count). The Labute approximate surface area is 98.3 Å². The standard InChI is InChI=1S/C11H15NO3S/c1-3-8-7(2)6-9(16-8)11(15)12-5-4-10(13)14/h6H,3-5H2,1-2H3,(H,12,15)(H,13,14). The molecule has 1 amide bonds. The molecule has 0 spiro atoms. The fourth-order valence-electron chi connectivity index (χ4n) is 1.35. The molecule has 0 aliphatic heterocycles. The van der Waals surface area contributed by atoms with E-state index in [1.54, 1.807) is 0 Å². The summed E-state index contributed by atoms with van der Waals surface area (Å²) < 4.78 is 0. The van der Waals surface area contributed by atoms with E-state index in [4.69, 9.17) is 5.11 Å². The summed E-state index contributed by atoms with van der Waals surface area (Å²) in [6, 6.07) is 1.85. The van der Waals surface area contributed by atoms with E-state index >= 15 is 0 Å². The lowest BCUT2D eigenvalue weighted by molar-refractivity contribution is -0.136. The number of aryl methyl sites for hydroxylation is 2. The summed E-state index contributed by atoms with van der Waals surface area (Å²) in [4.78, 5) is 23.7. The van der Waals surface area contributed by atoms with Crippen molar-refractivity contribution in [3.05, 3.63) is 21.4 Å². The number of carboxylic acid groups (broad SMARTS) is 1. The van der Waals surface area contributed by atoms with Gasteiger partial charge < -0.3 is 10.4 Å². The van der Waals surface area contributed by atoms with Gasteiger partial charge in [0, 0.05) is 11.4 Å². The molecule has 0 atom stereocenters. The van der Waals surface area contributed by atoms with Crippen LogP contribution in [0.25, 0.3) is 0 Å². The van der Waals surface area contributed by atoms with Crippen LogP contribution in [0.2, 0.25) is 0 Å². The number of thiophene rings is 1. The minimum absolute atomic E-state index is 0.0449. The van der Waals surface area contributed by atoms with E-state index in [9.17, 15) is 9.59 Å². The fourth-order valence-corrected chi connectivity index (χ4v) is 2.38. The quantitative estimate of drug-likeness (QED) is 0.826. The van der Waals surface area contributed by atoms with Gasteiger partial charge in [-0.1, -0.05) is 6.92 Å². The average Bonchev–Trinajstić information content (AvgIpc) is 2.59. The first-order chi connectivity index (χ1) is 7.54. The van der Waals surface area contributed by atoms with Crippen LogP contribution in [0.1, 0.15) is 33.5 Å². The van der Waals surface area contributed by atoms with Gasteiger partial charge in [-0.25, -0.2) is 0 Å². The van der Waals surface area contributed by atoms with Crippen LogP contribution in [-0.4, -0.2) is 23.5 Å². The number of rotatable bonds is 5. The van der Waals surface area contributed by atoms with E-state index in [0.29, 0.717) is 4.88 Å². The molecule has 0 bridgehead atoms. The average molecular weight is 241 g/mol. The van der Waals surface area contributed by atoms with Crippen molar-refractivity contribution in [2.24, 2.45) is 0 Å². The van der Waals surface area contributed by atoms with Crippen LogP contribution in [0, 0.1) is 6.92 Å². The molecular weight excluding hydrogens is 226 g/mol. The van der Waals surface area contributed by atoms with Gasteiger partial charge in [-0.05, 0) is 25.0 Å². The first kappa shape index (κ1) is 12.7. The maximum atomic E-state index is 11.6. The van der Waals surface area contributed by atoms with E-state index in [0.717, 1.165) is 12.0 Å². The van der Waals surface area contributed by atoms with Gasteiger partial charge in [-0.3, -0.25) is 9.59 Å². The topological polar surface area (TPSA) is 66.4 Å². The van der Waals surface area contributed by atoms with Crippen molar-refractivity contribution in [1.82, 2.24) is 5.32 Å². The van der Waals surface area contributed by atoms with Crippen molar-refractivity contribution in [2.75, 3.05) is 6.54 Å². The number of amides is 1. The summed E-state index contributed by atoms with van der Waals surface area (Å²) in [5.74, 6) is -1.09. The van der Waals surface area contributed by atoms with E-state index in [1.165, 1.54) is 16.2 Å². The molecule has 0 radical (unpaired) electrons. The maximum Gasteiger partial charge on any atom is 0.305 e. The van der Waals surface area contributed by atoms with Crippen LogP contribution in [0.5, 0.6) is 0 Å². The summed E-state index contributed by atoms with van der Waals surface area (Å²) in [6.07, 6.45) is 0.871. The van der Waals surface area contributed by atoms with Gasteiger partial charge in [0.2, 0.25) is 0 Å². The summed E-state index contributed by atoms with van der Waals surface area (Å²) in [5.41, 5.74) is 1.12. The largest absolute Gasteiger partial charge is 0.481 e. The van der Waals surface area contributed by atoms with Crippen molar-refractivity contribution in [3.8, 4) is 0 Å². The first-order valence-corrected chi connectivity index (χ1v) is 5.95. The maximum absolute atomic E-state index is 11.6. The highest BCUT2D eigenvalue weighted by molar-refractivity contribution is 7.14. The Kier molecular flexibility index (Phi) is 4.49. The van der Waals surface area contributed by atoms with Gasteiger partial charge >= 0.3 is 5.97 Å². The molecule has 0 aromatic carbocycles. The summed E-state index contributed by atoms with van der Waals surface area (Å²) in [6.45, 7) is 4.20. The van der Waals surface area contributed by atoms with E-state index in [2.05, 4.69) is 5.32 Å². The molecule has 0 unspecified atom stereocenters. The number of hydrogen-bond acceptors (Lipinski definition) is 3. The van der Waals surface area contributed by atoms with Crippen LogP contribution < -0.4 is 5.32 Å². The second kappa shape index (κ2) is 5.65. The molecule has 4 nitrogen and oxygen atoms in total. The van der Waals surface area contributed by atoms with Gasteiger partial charge in [0.1, 0.15) is 0 Å². The molecular formula is C11H15NO3S. The lowest BCUT2D eigenvalue weighted by Crippen LogP contribution is -2.25. The highest BCUT2D eigenvalue weighted by atomic mass is 32.1. The van der Waals surface area contributed by atoms with Crippen molar-refractivity contribution >= 4 is 23.2 Å². The lowest BCUT2D eigenvalue weighted by atomic mass is 10.2. The summed E-state index contributed by atoms with van der Waals surface area (Å²) in [5, 5.41) is 11.0. The minimum Gasteiger partial charge on any atom is -0.481 e. The molecule has 5 heteroatoms. The Morgan fingerprint density at radius 3 is 2.69 bits per heavy atom. The number of carboxylic acids is 1. The molecule has 0 fully saturated rings. The van der Waals surface area contributed by atoms with Crippen molar-refractivity contribution in [1.29, 1.82) is 0 Å². The Balaban J connectivity index is 2.56. The van der Waals surface area contributed by atoms with Gasteiger partial charge in [0.05, 0.1) is 11.3 Å². The smallest absolute Gasteiger partial charge is 0.305 e. The zero-order valence-corrected chi connectivity index (χ0v) is 10.2. The highest BCUT2D eigenvalue weighted by Crippen LogP contribution is 2.22. The number of hydrogen-bond donors (Lipinski definition) is 2. The molecule has 88 valence electrons. The van der Waals surface area contributed by atoms with Crippen LogP contribution in [0.15, 0.2) is 6.07 Å². The normalized spacial score (nSPS) is 10.1.